The minimum Gasteiger partial charge on any atom is -0.382 e. The molecule has 1 atom stereocenters. The van der Waals surface area contributed by atoms with Crippen LogP contribution in [0.15, 0.2) is 28.7 Å². The summed E-state index contributed by atoms with van der Waals surface area (Å²) in [5, 5.41) is 13.3. The van der Waals surface area contributed by atoms with Crippen LogP contribution in [0.5, 0.6) is 0 Å². The zero-order chi connectivity index (χ0) is 16.4. The van der Waals surface area contributed by atoms with Crippen molar-refractivity contribution in [2.45, 2.75) is 32.9 Å². The van der Waals surface area contributed by atoms with Gasteiger partial charge >= 0.3 is 0 Å². The Bertz CT molecular complexity index is 705. The highest BCUT2D eigenvalue weighted by Crippen LogP contribution is 2.23. The van der Waals surface area contributed by atoms with E-state index in [4.69, 9.17) is 4.84 Å². The maximum atomic E-state index is 12.4. The molecule has 0 aromatic carbocycles. The van der Waals surface area contributed by atoms with Gasteiger partial charge in [0.25, 0.3) is 5.91 Å². The predicted molar refractivity (Wildman–Crippen MR) is 90.1 cm³/mol. The number of carbonyl (C=O) groups excluding carboxylic acids is 1. The summed E-state index contributed by atoms with van der Waals surface area (Å²) in [6.07, 6.45) is 0.0710. The van der Waals surface area contributed by atoms with E-state index in [1.165, 1.54) is 0 Å². The Kier molecular flexibility index (Phi) is 4.47. The van der Waals surface area contributed by atoms with Crippen molar-refractivity contribution < 1.29 is 9.63 Å². The van der Waals surface area contributed by atoms with E-state index in [9.17, 15) is 4.79 Å². The minimum atomic E-state index is -0.503. The van der Waals surface area contributed by atoms with E-state index < -0.39 is 6.10 Å². The highest BCUT2D eigenvalue weighted by atomic mass is 32.1. The maximum Gasteiger partial charge on any atom is 0.266 e. The van der Waals surface area contributed by atoms with E-state index >= 15 is 0 Å². The van der Waals surface area contributed by atoms with Gasteiger partial charge in [0.15, 0.2) is 0 Å². The molecule has 0 bridgehead atoms. The van der Waals surface area contributed by atoms with Crippen LogP contribution < -0.4 is 0 Å². The van der Waals surface area contributed by atoms with Crippen molar-refractivity contribution >= 4 is 23.0 Å². The van der Waals surface area contributed by atoms with Crippen molar-refractivity contribution in [3.05, 3.63) is 29.3 Å². The fraction of sp³-hybridized carbons (Fsp3) is 0.438. The van der Waals surface area contributed by atoms with Gasteiger partial charge in [-0.05, 0) is 23.4 Å². The van der Waals surface area contributed by atoms with Gasteiger partial charge in [0.1, 0.15) is 5.69 Å². The number of nitrogens with zero attached hydrogens (tertiary/aromatic N) is 3. The number of hydrogen-bond acceptors (Lipinski definition) is 5. The van der Waals surface area contributed by atoms with Gasteiger partial charge < -0.3 is 9.74 Å². The third-order valence-corrected chi connectivity index (χ3v) is 4.71. The number of rotatable bonds is 5. The zero-order valence-corrected chi connectivity index (χ0v) is 14.3. The van der Waals surface area contributed by atoms with Crippen LogP contribution in [0.25, 0.3) is 10.6 Å². The Morgan fingerprint density at radius 3 is 3.04 bits per heavy atom. The Morgan fingerprint density at radius 2 is 2.39 bits per heavy atom. The lowest BCUT2D eigenvalue weighted by Crippen LogP contribution is -2.36. The van der Waals surface area contributed by atoms with Crippen LogP contribution in [0.1, 0.15) is 26.0 Å². The summed E-state index contributed by atoms with van der Waals surface area (Å²) in [4.78, 5) is 20.5. The molecule has 2 aromatic heterocycles. The first kappa shape index (κ1) is 15.7. The third kappa shape index (κ3) is 3.44. The van der Waals surface area contributed by atoms with Crippen molar-refractivity contribution in [1.82, 2.24) is 15.1 Å². The fourth-order valence-electron chi connectivity index (χ4n) is 2.44. The number of likely N-dealkylation sites (N-methyl/N-ethyl adjacent to an activating group) is 1. The third-order valence-electron chi connectivity index (χ3n) is 3.82. The predicted octanol–water partition coefficient (Wildman–Crippen LogP) is 2.90. The average molecular weight is 332 g/mol. The summed E-state index contributed by atoms with van der Waals surface area (Å²) in [6.45, 7) is 4.57. The van der Waals surface area contributed by atoms with Crippen LogP contribution in [0.4, 0.5) is 0 Å². The Morgan fingerprint density at radius 1 is 1.57 bits per heavy atom. The van der Waals surface area contributed by atoms with Crippen LogP contribution in [0.3, 0.4) is 0 Å². The highest BCUT2D eigenvalue weighted by Gasteiger charge is 2.31. The van der Waals surface area contributed by atoms with Crippen molar-refractivity contribution in [1.29, 1.82) is 0 Å². The minimum absolute atomic E-state index is 0.0586. The lowest BCUT2D eigenvalue weighted by molar-refractivity contribution is -0.141. The second-order valence-electron chi connectivity index (χ2n) is 5.99. The van der Waals surface area contributed by atoms with Gasteiger partial charge in [-0.3, -0.25) is 9.89 Å². The fourth-order valence-corrected chi connectivity index (χ4v) is 3.13. The summed E-state index contributed by atoms with van der Waals surface area (Å²) >= 11 is 1.64. The van der Waals surface area contributed by atoms with Gasteiger partial charge in [-0.2, -0.15) is 5.10 Å². The summed E-state index contributed by atoms with van der Waals surface area (Å²) in [7, 11) is 1.77. The first-order valence-corrected chi connectivity index (χ1v) is 8.48. The number of nitrogens with one attached hydrogen (secondary N) is 1. The molecule has 23 heavy (non-hydrogen) atoms. The normalized spacial score (nSPS) is 17.2. The van der Waals surface area contributed by atoms with E-state index in [1.54, 1.807) is 23.3 Å². The molecule has 1 aliphatic heterocycles. The molecule has 0 radical (unpaired) electrons. The van der Waals surface area contributed by atoms with Crippen LogP contribution >= 0.6 is 11.3 Å². The number of carbonyl (C=O) groups is 1. The van der Waals surface area contributed by atoms with Gasteiger partial charge in [-0.15, -0.1) is 11.3 Å². The van der Waals surface area contributed by atoms with Gasteiger partial charge in [-0.25, -0.2) is 0 Å². The summed E-state index contributed by atoms with van der Waals surface area (Å²) in [6, 6.07) is 5.99. The molecule has 0 fully saturated rings. The van der Waals surface area contributed by atoms with Gasteiger partial charge in [0.05, 0.1) is 22.8 Å². The van der Waals surface area contributed by atoms with Crippen molar-refractivity contribution in [2.75, 3.05) is 7.05 Å². The molecule has 3 rings (SSSR count). The highest BCUT2D eigenvalue weighted by molar-refractivity contribution is 7.13. The van der Waals surface area contributed by atoms with Crippen LogP contribution in [0, 0.1) is 5.92 Å². The molecule has 0 spiro atoms. The molecule has 0 saturated heterocycles. The standard InChI is InChI=1S/C16H20N4O2S/c1-10(2)12-8-14(22-19-12)16(21)20(3)9-11-7-13(18-17-11)15-5-4-6-23-15/h4-7,10,14H,8-9H2,1-3H3,(H,17,18). The topological polar surface area (TPSA) is 70.6 Å². The molecule has 1 amide bonds. The van der Waals surface area contributed by atoms with Crippen molar-refractivity contribution in [3.8, 4) is 10.6 Å². The van der Waals surface area contributed by atoms with E-state index in [0.29, 0.717) is 18.9 Å². The molecule has 0 saturated carbocycles. The lowest BCUT2D eigenvalue weighted by Gasteiger charge is -2.19. The molecule has 6 nitrogen and oxygen atoms in total. The van der Waals surface area contributed by atoms with Gasteiger partial charge in [0.2, 0.25) is 6.10 Å². The van der Waals surface area contributed by atoms with Gasteiger partial charge in [-0.1, -0.05) is 25.1 Å². The second kappa shape index (κ2) is 6.54. The monoisotopic (exact) mass is 332 g/mol. The first-order chi connectivity index (χ1) is 11.0. The Balaban J connectivity index is 1.59. The number of thiophene rings is 1. The molecule has 1 N–H and O–H groups in total. The molecule has 1 aliphatic rings. The number of oxime groups is 1. The Hall–Kier alpha value is -2.15. The average Bonchev–Trinajstić information content (AvgIpc) is 3.26. The molecule has 7 heteroatoms. The van der Waals surface area contributed by atoms with Crippen LogP contribution in [0.2, 0.25) is 0 Å². The van der Waals surface area contributed by atoms with Crippen molar-refractivity contribution in [3.63, 3.8) is 0 Å². The van der Waals surface area contributed by atoms with Crippen molar-refractivity contribution in [2.24, 2.45) is 11.1 Å². The number of hydrogen-bond donors (Lipinski definition) is 1. The lowest BCUT2D eigenvalue weighted by atomic mass is 10.0. The molecule has 0 aliphatic carbocycles. The first-order valence-electron chi connectivity index (χ1n) is 7.60. The van der Waals surface area contributed by atoms with E-state index in [2.05, 4.69) is 29.2 Å². The molecular weight excluding hydrogens is 312 g/mol. The smallest absolute Gasteiger partial charge is 0.266 e. The second-order valence-corrected chi connectivity index (χ2v) is 6.93. The SMILES string of the molecule is CC(C)C1=NOC(C(=O)N(C)Cc2cc(-c3cccs3)n[nH]2)C1. The van der Waals surface area contributed by atoms with E-state index in [-0.39, 0.29) is 5.91 Å². The zero-order valence-electron chi connectivity index (χ0n) is 13.4. The summed E-state index contributed by atoms with van der Waals surface area (Å²) in [5.74, 6) is 0.246. The molecular formula is C16H20N4O2S. The van der Waals surface area contributed by atoms with Crippen LogP contribution in [-0.2, 0) is 16.2 Å². The number of amides is 1. The summed E-state index contributed by atoms with van der Waals surface area (Å²) in [5.41, 5.74) is 2.74. The number of aromatic nitrogens is 2. The van der Waals surface area contributed by atoms with Crippen LogP contribution in [-0.4, -0.2) is 39.9 Å². The molecule has 1 unspecified atom stereocenters. The molecule has 122 valence electrons. The Labute approximate surface area is 139 Å². The summed E-state index contributed by atoms with van der Waals surface area (Å²) < 4.78 is 0. The van der Waals surface area contributed by atoms with E-state index in [1.807, 2.05) is 23.6 Å². The molecule has 2 aromatic rings. The quantitative estimate of drug-likeness (QED) is 0.915. The number of H-pyrrole nitrogens is 1. The largest absolute Gasteiger partial charge is 0.382 e. The molecule has 3 heterocycles. The maximum absolute atomic E-state index is 12.4. The van der Waals surface area contributed by atoms with Gasteiger partial charge in [0, 0.05) is 13.5 Å². The number of aromatic amines is 1. The van der Waals surface area contributed by atoms with E-state index in [0.717, 1.165) is 22.0 Å².